The summed E-state index contributed by atoms with van der Waals surface area (Å²) in [7, 11) is 0. The normalized spacial score (nSPS) is 10.8. The molecule has 0 spiro atoms. The van der Waals surface area contributed by atoms with E-state index < -0.39 is 0 Å². The zero-order chi connectivity index (χ0) is 16.1. The van der Waals surface area contributed by atoms with E-state index in [0.29, 0.717) is 10.2 Å². The molecule has 3 heteroatoms. The molecule has 0 unspecified atom stereocenters. The van der Waals surface area contributed by atoms with Crippen molar-refractivity contribution in [3.8, 4) is 5.69 Å². The molecule has 3 rings (SSSR count). The lowest BCUT2D eigenvalue weighted by Gasteiger charge is -2.08. The fourth-order valence-corrected chi connectivity index (χ4v) is 2.60. The van der Waals surface area contributed by atoms with E-state index in [4.69, 9.17) is 12.2 Å². The quantitative estimate of drug-likeness (QED) is 0.379. The van der Waals surface area contributed by atoms with E-state index in [1.165, 1.54) is 0 Å². The van der Waals surface area contributed by atoms with Crippen molar-refractivity contribution in [3.05, 3.63) is 101 Å². The number of hydrogen-bond acceptors (Lipinski definition) is 2. The SMILES string of the molecule is O=C(/C=C/c1cccn(-c2ccccc2)c1=S)c1ccccc1. The zero-order valence-electron chi connectivity index (χ0n) is 12.4. The summed E-state index contributed by atoms with van der Waals surface area (Å²) in [5.74, 6) is -0.0323. The Morgan fingerprint density at radius 1 is 0.870 bits per heavy atom. The van der Waals surface area contributed by atoms with Gasteiger partial charge in [-0.1, -0.05) is 66.8 Å². The number of carbonyl (C=O) groups excluding carboxylic acids is 1. The fraction of sp³-hybridized carbons (Fsp3) is 0. The predicted octanol–water partition coefficient (Wildman–Crippen LogP) is 5.10. The van der Waals surface area contributed by atoms with Crippen LogP contribution in [0.2, 0.25) is 0 Å². The van der Waals surface area contributed by atoms with Crippen LogP contribution in [0.4, 0.5) is 0 Å². The van der Waals surface area contributed by atoms with Crippen molar-refractivity contribution in [1.82, 2.24) is 4.57 Å². The molecule has 0 saturated heterocycles. The summed E-state index contributed by atoms with van der Waals surface area (Å²) in [6.07, 6.45) is 5.26. The van der Waals surface area contributed by atoms with Gasteiger partial charge in [0, 0.05) is 23.0 Å². The Morgan fingerprint density at radius 3 is 2.22 bits per heavy atom. The largest absolute Gasteiger partial charge is 0.308 e. The Morgan fingerprint density at radius 2 is 1.52 bits per heavy atom. The number of hydrogen-bond donors (Lipinski definition) is 0. The lowest BCUT2D eigenvalue weighted by molar-refractivity contribution is 0.104. The van der Waals surface area contributed by atoms with Gasteiger partial charge in [-0.3, -0.25) is 4.79 Å². The van der Waals surface area contributed by atoms with Gasteiger partial charge < -0.3 is 4.57 Å². The maximum Gasteiger partial charge on any atom is 0.185 e. The molecule has 1 heterocycles. The summed E-state index contributed by atoms with van der Waals surface area (Å²) in [4.78, 5) is 12.2. The predicted molar refractivity (Wildman–Crippen MR) is 96.4 cm³/mol. The van der Waals surface area contributed by atoms with Crippen molar-refractivity contribution in [2.45, 2.75) is 0 Å². The Labute approximate surface area is 140 Å². The van der Waals surface area contributed by atoms with Gasteiger partial charge >= 0.3 is 0 Å². The minimum atomic E-state index is -0.0323. The third-order valence-corrected chi connectivity index (χ3v) is 3.92. The van der Waals surface area contributed by atoms with E-state index in [-0.39, 0.29) is 5.78 Å². The lowest BCUT2D eigenvalue weighted by Crippen LogP contribution is -1.98. The van der Waals surface area contributed by atoms with Gasteiger partial charge in [-0.15, -0.1) is 0 Å². The fourth-order valence-electron chi connectivity index (χ4n) is 2.29. The third kappa shape index (κ3) is 3.52. The summed E-state index contributed by atoms with van der Waals surface area (Å²) in [5.41, 5.74) is 2.51. The van der Waals surface area contributed by atoms with Crippen LogP contribution < -0.4 is 0 Å². The number of nitrogens with zero attached hydrogens (tertiary/aromatic N) is 1. The first-order chi connectivity index (χ1) is 11.3. The molecule has 3 aromatic rings. The minimum absolute atomic E-state index is 0.0323. The number of carbonyl (C=O) groups is 1. The van der Waals surface area contributed by atoms with Crippen molar-refractivity contribution in [2.75, 3.05) is 0 Å². The van der Waals surface area contributed by atoms with Crippen molar-refractivity contribution in [3.63, 3.8) is 0 Å². The molecule has 0 atom stereocenters. The highest BCUT2D eigenvalue weighted by molar-refractivity contribution is 7.71. The molecule has 0 aliphatic heterocycles. The number of rotatable bonds is 4. The first kappa shape index (κ1) is 15.1. The molecule has 1 aromatic heterocycles. The van der Waals surface area contributed by atoms with Crippen LogP contribution in [0.3, 0.4) is 0 Å². The van der Waals surface area contributed by atoms with Gasteiger partial charge in [0.25, 0.3) is 0 Å². The molecule has 0 radical (unpaired) electrons. The van der Waals surface area contributed by atoms with Gasteiger partial charge in [-0.25, -0.2) is 0 Å². The number of allylic oxidation sites excluding steroid dienone is 1. The molecule has 23 heavy (non-hydrogen) atoms. The average Bonchev–Trinajstić information content (AvgIpc) is 2.62. The van der Waals surface area contributed by atoms with E-state index in [1.54, 1.807) is 24.3 Å². The van der Waals surface area contributed by atoms with Crippen LogP contribution in [-0.4, -0.2) is 10.4 Å². The van der Waals surface area contributed by atoms with Gasteiger partial charge in [0.2, 0.25) is 0 Å². The van der Waals surface area contributed by atoms with Crippen LogP contribution in [0.25, 0.3) is 11.8 Å². The molecule has 112 valence electrons. The van der Waals surface area contributed by atoms with Gasteiger partial charge in [-0.05, 0) is 30.4 Å². The molecule has 0 saturated carbocycles. The van der Waals surface area contributed by atoms with Crippen molar-refractivity contribution < 1.29 is 4.79 Å². The van der Waals surface area contributed by atoms with E-state index in [1.807, 2.05) is 71.4 Å². The van der Waals surface area contributed by atoms with Crippen molar-refractivity contribution in [2.24, 2.45) is 0 Å². The van der Waals surface area contributed by atoms with Gasteiger partial charge in [0.1, 0.15) is 4.64 Å². The second-order valence-electron chi connectivity index (χ2n) is 5.04. The van der Waals surface area contributed by atoms with Crippen LogP contribution >= 0.6 is 12.2 Å². The Hall–Kier alpha value is -2.78. The van der Waals surface area contributed by atoms with Crippen LogP contribution in [0, 0.1) is 4.64 Å². The molecular weight excluding hydrogens is 302 g/mol. The van der Waals surface area contributed by atoms with Crippen LogP contribution in [-0.2, 0) is 0 Å². The highest BCUT2D eigenvalue weighted by atomic mass is 32.1. The van der Waals surface area contributed by atoms with E-state index in [0.717, 1.165) is 11.3 Å². The van der Waals surface area contributed by atoms with E-state index in [9.17, 15) is 4.79 Å². The maximum atomic E-state index is 12.2. The lowest BCUT2D eigenvalue weighted by atomic mass is 10.1. The number of benzene rings is 2. The van der Waals surface area contributed by atoms with Crippen LogP contribution in [0.15, 0.2) is 85.1 Å². The monoisotopic (exact) mass is 317 g/mol. The van der Waals surface area contributed by atoms with Crippen molar-refractivity contribution >= 4 is 24.1 Å². The molecule has 0 aliphatic rings. The summed E-state index contributed by atoms with van der Waals surface area (Å²) in [6, 6.07) is 22.9. The van der Waals surface area contributed by atoms with Gasteiger partial charge in [0.05, 0.1) is 0 Å². The maximum absolute atomic E-state index is 12.2. The number of pyridine rings is 1. The molecule has 0 fully saturated rings. The smallest absolute Gasteiger partial charge is 0.185 e. The number of ketones is 1. The minimum Gasteiger partial charge on any atom is -0.308 e. The molecular formula is C20H15NOS. The Balaban J connectivity index is 1.91. The first-order valence-electron chi connectivity index (χ1n) is 7.30. The van der Waals surface area contributed by atoms with Crippen LogP contribution in [0.5, 0.6) is 0 Å². The summed E-state index contributed by atoms with van der Waals surface area (Å²) < 4.78 is 2.61. The molecule has 0 bridgehead atoms. The van der Waals surface area contributed by atoms with E-state index >= 15 is 0 Å². The summed E-state index contributed by atoms with van der Waals surface area (Å²) in [6.45, 7) is 0. The van der Waals surface area contributed by atoms with Gasteiger partial charge in [0.15, 0.2) is 5.78 Å². The first-order valence-corrected chi connectivity index (χ1v) is 7.71. The Bertz CT molecular complexity index is 896. The highest BCUT2D eigenvalue weighted by Gasteiger charge is 2.02. The molecule has 0 aliphatic carbocycles. The van der Waals surface area contributed by atoms with Crippen molar-refractivity contribution in [1.29, 1.82) is 0 Å². The zero-order valence-corrected chi connectivity index (χ0v) is 13.2. The second-order valence-corrected chi connectivity index (χ2v) is 5.42. The standard InChI is InChI=1S/C20H15NOS/c22-19(16-8-3-1-4-9-16)14-13-17-10-7-15-21(20(17)23)18-11-5-2-6-12-18/h1-15H/b14-13+. The van der Waals surface area contributed by atoms with E-state index in [2.05, 4.69) is 0 Å². The third-order valence-electron chi connectivity index (χ3n) is 3.48. The molecule has 0 amide bonds. The summed E-state index contributed by atoms with van der Waals surface area (Å²) >= 11 is 5.54. The van der Waals surface area contributed by atoms with Crippen LogP contribution in [0.1, 0.15) is 15.9 Å². The Kier molecular flexibility index (Phi) is 4.60. The highest BCUT2D eigenvalue weighted by Crippen LogP contribution is 2.13. The molecule has 0 N–H and O–H groups in total. The molecule has 2 nitrogen and oxygen atoms in total. The number of aromatic nitrogens is 1. The summed E-state index contributed by atoms with van der Waals surface area (Å²) in [5, 5.41) is 0. The number of para-hydroxylation sites is 1. The second kappa shape index (κ2) is 6.99. The average molecular weight is 317 g/mol. The molecule has 2 aromatic carbocycles. The van der Waals surface area contributed by atoms with Gasteiger partial charge in [-0.2, -0.15) is 0 Å². The topological polar surface area (TPSA) is 22.0 Å².